The van der Waals surface area contributed by atoms with Crippen LogP contribution in [0.25, 0.3) is 0 Å². The first-order valence-electron chi connectivity index (χ1n) is 5.87. The second kappa shape index (κ2) is 8.30. The highest BCUT2D eigenvalue weighted by atomic mass is 16.7. The molecule has 0 aliphatic rings. The largest absolute Gasteiger partial charge is 0.396 e. The van der Waals surface area contributed by atoms with E-state index in [9.17, 15) is 4.79 Å². The Morgan fingerprint density at radius 1 is 1.25 bits per heavy atom. The summed E-state index contributed by atoms with van der Waals surface area (Å²) in [7, 11) is 0. The maximum absolute atomic E-state index is 11.7. The number of carbonyl (C=O) groups is 1. The normalized spacial score (nSPS) is 12.6. The lowest BCUT2D eigenvalue weighted by atomic mass is 10.0. The number of rotatable bonds is 7. The van der Waals surface area contributed by atoms with Gasteiger partial charge in [-0.15, -0.1) is 5.06 Å². The molecule has 0 aromatic rings. The molecule has 0 saturated heterocycles. The molecule has 4 heteroatoms. The van der Waals surface area contributed by atoms with E-state index >= 15 is 0 Å². The number of hydrogen-bond donors (Lipinski definition) is 1. The molecule has 4 nitrogen and oxygen atoms in total. The molecule has 0 saturated carbocycles. The Labute approximate surface area is 97.8 Å². The summed E-state index contributed by atoms with van der Waals surface area (Å²) in [5.74, 6) is -0.311. The molecule has 0 spiro atoms. The Balaban J connectivity index is 4.56. The van der Waals surface area contributed by atoms with Crippen LogP contribution in [0.5, 0.6) is 0 Å². The molecule has 0 aliphatic carbocycles. The van der Waals surface area contributed by atoms with Crippen molar-refractivity contribution in [3.05, 3.63) is 11.1 Å². The van der Waals surface area contributed by atoms with Gasteiger partial charge in [0.25, 0.3) is 0 Å². The number of aliphatic hydroxyl groups is 1. The van der Waals surface area contributed by atoms with Gasteiger partial charge in [0.1, 0.15) is 0 Å². The van der Waals surface area contributed by atoms with Gasteiger partial charge in [0.05, 0.1) is 0 Å². The molecular weight excluding hydrogens is 206 g/mol. The smallest absolute Gasteiger partial charge is 0.352 e. The third-order valence-electron chi connectivity index (χ3n) is 2.59. The molecule has 0 atom stereocenters. The molecule has 1 N–H and O–H groups in total. The molecule has 0 heterocycles. The van der Waals surface area contributed by atoms with Crippen molar-refractivity contribution in [3.63, 3.8) is 0 Å². The number of nitrogens with zero attached hydrogens (tertiary/aromatic N) is 1. The third kappa shape index (κ3) is 4.77. The van der Waals surface area contributed by atoms with Crippen molar-refractivity contribution in [1.82, 2.24) is 5.06 Å². The third-order valence-corrected chi connectivity index (χ3v) is 2.59. The quantitative estimate of drug-likeness (QED) is 0.535. The van der Waals surface area contributed by atoms with Crippen LogP contribution in [0.3, 0.4) is 0 Å². The van der Waals surface area contributed by atoms with Gasteiger partial charge in [-0.2, -0.15) is 0 Å². The van der Waals surface area contributed by atoms with Gasteiger partial charge in [0, 0.05) is 25.3 Å². The minimum absolute atomic E-state index is 0.0685. The summed E-state index contributed by atoms with van der Waals surface area (Å²) in [6, 6.07) is 0. The Bertz CT molecular complexity index is 245. The molecule has 16 heavy (non-hydrogen) atoms. The Hall–Kier alpha value is -0.870. The fourth-order valence-corrected chi connectivity index (χ4v) is 1.45. The SMILES string of the molecule is CCC(CCO)=C(C)C(=O)ON(CC)CC. The Kier molecular flexibility index (Phi) is 7.85. The molecule has 0 fully saturated rings. The summed E-state index contributed by atoms with van der Waals surface area (Å²) in [6.45, 7) is 9.01. The van der Waals surface area contributed by atoms with Gasteiger partial charge in [-0.05, 0) is 33.6 Å². The standard InChI is InChI=1S/C12H23NO3/c1-5-11(8-9-14)10(4)12(15)16-13(6-2)7-3/h14H,5-9H2,1-4H3. The molecule has 0 aromatic heterocycles. The van der Waals surface area contributed by atoms with Gasteiger partial charge >= 0.3 is 5.97 Å². The van der Waals surface area contributed by atoms with E-state index in [1.165, 1.54) is 0 Å². The average Bonchev–Trinajstić information content (AvgIpc) is 2.31. The highest BCUT2D eigenvalue weighted by molar-refractivity contribution is 5.88. The van der Waals surface area contributed by atoms with E-state index in [0.717, 1.165) is 12.0 Å². The number of hydroxylamine groups is 2. The highest BCUT2D eigenvalue weighted by Crippen LogP contribution is 2.14. The molecule has 0 rings (SSSR count). The first kappa shape index (κ1) is 15.1. The zero-order valence-corrected chi connectivity index (χ0v) is 10.7. The van der Waals surface area contributed by atoms with Crippen molar-refractivity contribution in [2.45, 2.75) is 40.5 Å². The zero-order valence-electron chi connectivity index (χ0n) is 10.7. The van der Waals surface area contributed by atoms with E-state index in [4.69, 9.17) is 9.94 Å². The maximum atomic E-state index is 11.7. The van der Waals surface area contributed by atoms with Crippen molar-refractivity contribution in [3.8, 4) is 0 Å². The summed E-state index contributed by atoms with van der Waals surface area (Å²) in [6.07, 6.45) is 1.30. The monoisotopic (exact) mass is 229 g/mol. The number of carbonyl (C=O) groups excluding carboxylic acids is 1. The lowest BCUT2D eigenvalue weighted by molar-refractivity contribution is -0.183. The minimum atomic E-state index is -0.311. The van der Waals surface area contributed by atoms with E-state index in [1.54, 1.807) is 12.0 Å². The highest BCUT2D eigenvalue weighted by Gasteiger charge is 2.13. The summed E-state index contributed by atoms with van der Waals surface area (Å²) in [5, 5.41) is 10.5. The first-order chi connectivity index (χ1) is 7.60. The Morgan fingerprint density at radius 2 is 1.81 bits per heavy atom. The van der Waals surface area contributed by atoms with Crippen molar-refractivity contribution in [1.29, 1.82) is 0 Å². The number of hydrogen-bond acceptors (Lipinski definition) is 4. The van der Waals surface area contributed by atoms with E-state index < -0.39 is 0 Å². The van der Waals surface area contributed by atoms with E-state index in [1.807, 2.05) is 20.8 Å². The fourth-order valence-electron chi connectivity index (χ4n) is 1.45. The predicted octanol–water partition coefficient (Wildman–Crippen LogP) is 1.90. The van der Waals surface area contributed by atoms with E-state index in [2.05, 4.69) is 0 Å². The summed E-state index contributed by atoms with van der Waals surface area (Å²) in [4.78, 5) is 16.9. The first-order valence-corrected chi connectivity index (χ1v) is 5.87. The van der Waals surface area contributed by atoms with Crippen LogP contribution in [-0.4, -0.2) is 35.8 Å². The summed E-state index contributed by atoms with van der Waals surface area (Å²) < 4.78 is 0. The van der Waals surface area contributed by atoms with Gasteiger partial charge in [-0.25, -0.2) is 4.79 Å². The topological polar surface area (TPSA) is 49.8 Å². The second-order valence-electron chi connectivity index (χ2n) is 3.55. The molecule has 0 bridgehead atoms. The van der Waals surface area contributed by atoms with Crippen molar-refractivity contribution in [2.75, 3.05) is 19.7 Å². The number of aliphatic hydroxyl groups excluding tert-OH is 1. The van der Waals surface area contributed by atoms with E-state index in [-0.39, 0.29) is 12.6 Å². The van der Waals surface area contributed by atoms with Crippen LogP contribution in [0.2, 0.25) is 0 Å². The van der Waals surface area contributed by atoms with Crippen molar-refractivity contribution in [2.24, 2.45) is 0 Å². The molecule has 94 valence electrons. The van der Waals surface area contributed by atoms with Crippen molar-refractivity contribution < 1.29 is 14.7 Å². The fraction of sp³-hybridized carbons (Fsp3) is 0.750. The van der Waals surface area contributed by atoms with Crippen LogP contribution in [0.4, 0.5) is 0 Å². The van der Waals surface area contributed by atoms with Crippen LogP contribution in [0, 0.1) is 0 Å². The molecule has 0 amide bonds. The molecule has 0 radical (unpaired) electrons. The molecule has 0 unspecified atom stereocenters. The predicted molar refractivity (Wildman–Crippen MR) is 63.7 cm³/mol. The van der Waals surface area contributed by atoms with Gasteiger partial charge in [0.15, 0.2) is 0 Å². The van der Waals surface area contributed by atoms with Gasteiger partial charge in [-0.1, -0.05) is 12.5 Å². The lowest BCUT2D eigenvalue weighted by Crippen LogP contribution is -2.27. The summed E-state index contributed by atoms with van der Waals surface area (Å²) >= 11 is 0. The van der Waals surface area contributed by atoms with Crippen molar-refractivity contribution >= 4 is 5.97 Å². The van der Waals surface area contributed by atoms with Gasteiger partial charge in [-0.3, -0.25) is 0 Å². The minimum Gasteiger partial charge on any atom is -0.396 e. The zero-order chi connectivity index (χ0) is 12.6. The van der Waals surface area contributed by atoms with Gasteiger partial charge in [0.2, 0.25) is 0 Å². The van der Waals surface area contributed by atoms with Crippen LogP contribution < -0.4 is 0 Å². The van der Waals surface area contributed by atoms with Crippen LogP contribution >= 0.6 is 0 Å². The molecular formula is C12H23NO3. The van der Waals surface area contributed by atoms with E-state index in [0.29, 0.717) is 25.1 Å². The summed E-state index contributed by atoms with van der Waals surface area (Å²) in [5.41, 5.74) is 1.57. The molecule has 0 aliphatic heterocycles. The lowest BCUT2D eigenvalue weighted by Gasteiger charge is -2.18. The molecule has 0 aromatic carbocycles. The van der Waals surface area contributed by atoms with Gasteiger partial charge < -0.3 is 9.94 Å². The van der Waals surface area contributed by atoms with Crippen LogP contribution in [-0.2, 0) is 9.63 Å². The maximum Gasteiger partial charge on any atom is 0.352 e. The van der Waals surface area contributed by atoms with Crippen LogP contribution in [0.15, 0.2) is 11.1 Å². The average molecular weight is 229 g/mol. The Morgan fingerprint density at radius 3 is 2.19 bits per heavy atom. The second-order valence-corrected chi connectivity index (χ2v) is 3.55. The van der Waals surface area contributed by atoms with Crippen LogP contribution in [0.1, 0.15) is 40.5 Å².